The van der Waals surface area contributed by atoms with Gasteiger partial charge in [-0.25, -0.2) is 4.90 Å². The summed E-state index contributed by atoms with van der Waals surface area (Å²) in [6.07, 6.45) is 1.78. The lowest BCUT2D eigenvalue weighted by Crippen LogP contribution is -2.46. The number of ketones is 1. The van der Waals surface area contributed by atoms with Gasteiger partial charge in [0.15, 0.2) is 5.78 Å². The largest absolute Gasteiger partial charge is 0.497 e. The summed E-state index contributed by atoms with van der Waals surface area (Å²) in [6.45, 7) is 0.754. The van der Waals surface area contributed by atoms with Gasteiger partial charge in [-0.15, -0.1) is 0 Å². The molecule has 0 bridgehead atoms. The molecular formula is C23H22N2O4. The van der Waals surface area contributed by atoms with Gasteiger partial charge in [-0.2, -0.15) is 0 Å². The van der Waals surface area contributed by atoms with E-state index in [2.05, 4.69) is 4.90 Å². The Labute approximate surface area is 169 Å². The fourth-order valence-corrected chi connectivity index (χ4v) is 5.27. The molecular weight excluding hydrogens is 368 g/mol. The Hall–Kier alpha value is -2.99. The molecule has 4 atom stereocenters. The lowest BCUT2D eigenvalue weighted by molar-refractivity contribution is -0.123. The topological polar surface area (TPSA) is 66.9 Å². The summed E-state index contributed by atoms with van der Waals surface area (Å²) in [7, 11) is 1.57. The smallest absolute Gasteiger partial charge is 0.239 e. The third-order valence-corrected chi connectivity index (χ3v) is 6.51. The van der Waals surface area contributed by atoms with Gasteiger partial charge in [0.1, 0.15) is 5.75 Å². The fraction of sp³-hybridized carbons (Fsp3) is 0.348. The van der Waals surface area contributed by atoms with Gasteiger partial charge in [-0.1, -0.05) is 30.3 Å². The number of benzene rings is 2. The number of methoxy groups -OCH3 is 1. The number of anilines is 1. The van der Waals surface area contributed by atoms with Gasteiger partial charge in [0.25, 0.3) is 0 Å². The number of hydrogen-bond acceptors (Lipinski definition) is 5. The van der Waals surface area contributed by atoms with Crippen molar-refractivity contribution < 1.29 is 19.1 Å². The Balaban J connectivity index is 1.53. The highest BCUT2D eigenvalue weighted by molar-refractivity contribution is 6.24. The first-order valence-corrected chi connectivity index (χ1v) is 9.98. The van der Waals surface area contributed by atoms with Gasteiger partial charge in [0.2, 0.25) is 11.8 Å². The molecule has 0 spiro atoms. The number of fused-ring (bicyclic) bond motifs is 3. The van der Waals surface area contributed by atoms with Gasteiger partial charge >= 0.3 is 0 Å². The summed E-state index contributed by atoms with van der Waals surface area (Å²) in [5.74, 6) is -0.943. The third-order valence-electron chi connectivity index (χ3n) is 6.51. The van der Waals surface area contributed by atoms with E-state index in [4.69, 9.17) is 4.74 Å². The Morgan fingerprint density at radius 1 is 0.966 bits per heavy atom. The van der Waals surface area contributed by atoms with E-state index < -0.39 is 17.9 Å². The first-order valence-electron chi connectivity index (χ1n) is 9.98. The number of carbonyl (C=O) groups excluding carboxylic acids is 3. The number of imide groups is 1. The molecule has 2 aromatic rings. The number of ether oxygens (including phenoxy) is 1. The van der Waals surface area contributed by atoms with Crippen LogP contribution in [-0.2, 0) is 9.59 Å². The second-order valence-electron chi connectivity index (χ2n) is 7.88. The lowest BCUT2D eigenvalue weighted by atomic mass is 9.85. The van der Waals surface area contributed by atoms with Crippen LogP contribution in [0.25, 0.3) is 0 Å². The quantitative estimate of drug-likeness (QED) is 0.593. The van der Waals surface area contributed by atoms with Gasteiger partial charge in [-0.05, 0) is 43.7 Å². The molecule has 3 fully saturated rings. The van der Waals surface area contributed by atoms with Crippen LogP contribution in [0.3, 0.4) is 0 Å². The van der Waals surface area contributed by atoms with Gasteiger partial charge < -0.3 is 4.74 Å². The molecule has 3 heterocycles. The van der Waals surface area contributed by atoms with Crippen molar-refractivity contribution in [2.24, 2.45) is 11.8 Å². The highest BCUT2D eigenvalue weighted by Gasteiger charge is 2.64. The molecule has 2 aromatic carbocycles. The van der Waals surface area contributed by atoms with Crippen LogP contribution in [0.1, 0.15) is 23.2 Å². The summed E-state index contributed by atoms with van der Waals surface area (Å²) >= 11 is 0. The van der Waals surface area contributed by atoms with Gasteiger partial charge in [0, 0.05) is 11.6 Å². The van der Waals surface area contributed by atoms with E-state index in [1.807, 2.05) is 18.2 Å². The highest BCUT2D eigenvalue weighted by atomic mass is 16.5. The van der Waals surface area contributed by atoms with E-state index in [0.717, 1.165) is 19.4 Å². The molecule has 0 unspecified atom stereocenters. The molecule has 148 valence electrons. The van der Waals surface area contributed by atoms with Crippen molar-refractivity contribution in [3.8, 4) is 5.75 Å². The molecule has 29 heavy (non-hydrogen) atoms. The highest BCUT2D eigenvalue weighted by Crippen LogP contribution is 2.48. The van der Waals surface area contributed by atoms with Crippen LogP contribution in [0.15, 0.2) is 54.6 Å². The molecule has 3 saturated heterocycles. The molecule has 0 saturated carbocycles. The number of Topliss-reactive ketones (excluding diaryl/α,β-unsaturated/α-hetero) is 1. The molecule has 0 aliphatic carbocycles. The number of hydrogen-bond donors (Lipinski definition) is 0. The predicted molar refractivity (Wildman–Crippen MR) is 107 cm³/mol. The minimum Gasteiger partial charge on any atom is -0.497 e. The van der Waals surface area contributed by atoms with Crippen molar-refractivity contribution >= 4 is 23.3 Å². The number of carbonyl (C=O) groups is 3. The molecule has 2 amide bonds. The lowest BCUT2D eigenvalue weighted by Gasteiger charge is -2.27. The van der Waals surface area contributed by atoms with E-state index >= 15 is 0 Å². The van der Waals surface area contributed by atoms with Crippen molar-refractivity contribution in [1.82, 2.24) is 4.90 Å². The monoisotopic (exact) mass is 390 g/mol. The van der Waals surface area contributed by atoms with Crippen molar-refractivity contribution in [2.45, 2.75) is 24.9 Å². The molecule has 0 aromatic heterocycles. The van der Waals surface area contributed by atoms with E-state index in [0.29, 0.717) is 17.0 Å². The molecule has 6 heteroatoms. The van der Waals surface area contributed by atoms with Crippen LogP contribution < -0.4 is 9.64 Å². The maximum absolute atomic E-state index is 13.4. The molecule has 3 aliphatic rings. The Kier molecular flexibility index (Phi) is 4.24. The summed E-state index contributed by atoms with van der Waals surface area (Å²) < 4.78 is 5.17. The zero-order chi connectivity index (χ0) is 20.1. The predicted octanol–water partition coefficient (Wildman–Crippen LogP) is 2.53. The Morgan fingerprint density at radius 3 is 2.34 bits per heavy atom. The van der Waals surface area contributed by atoms with Gasteiger partial charge in [-0.3, -0.25) is 19.3 Å². The fourth-order valence-electron chi connectivity index (χ4n) is 5.27. The molecule has 6 nitrogen and oxygen atoms in total. The SMILES string of the molecule is COc1ccc(N2C(=O)[C@@H]3[C@@H](C2=O)[C@@H](C(=O)c2ccccc2)N2CCC[C@H]32)cc1. The van der Waals surface area contributed by atoms with Crippen molar-refractivity contribution in [3.05, 3.63) is 60.2 Å². The number of nitrogens with zero attached hydrogens (tertiary/aromatic N) is 2. The number of rotatable bonds is 4. The molecule has 0 N–H and O–H groups in total. The van der Waals surface area contributed by atoms with E-state index in [-0.39, 0.29) is 23.6 Å². The zero-order valence-electron chi connectivity index (χ0n) is 16.2. The zero-order valence-corrected chi connectivity index (χ0v) is 16.2. The minimum atomic E-state index is -0.623. The Bertz CT molecular complexity index is 972. The average Bonchev–Trinajstić information content (AvgIpc) is 3.40. The van der Waals surface area contributed by atoms with E-state index in [1.165, 1.54) is 4.90 Å². The first-order chi connectivity index (χ1) is 14.1. The second-order valence-corrected chi connectivity index (χ2v) is 7.88. The van der Waals surface area contributed by atoms with Crippen LogP contribution in [0.5, 0.6) is 5.75 Å². The Morgan fingerprint density at radius 2 is 1.66 bits per heavy atom. The summed E-state index contributed by atoms with van der Waals surface area (Å²) in [4.78, 5) is 43.5. The van der Waals surface area contributed by atoms with E-state index in [9.17, 15) is 14.4 Å². The van der Waals surface area contributed by atoms with Crippen molar-refractivity contribution in [3.63, 3.8) is 0 Å². The van der Waals surface area contributed by atoms with Crippen LogP contribution in [-0.4, -0.2) is 48.2 Å². The summed E-state index contributed by atoms with van der Waals surface area (Å²) in [6, 6.07) is 15.4. The minimum absolute atomic E-state index is 0.0441. The van der Waals surface area contributed by atoms with E-state index in [1.54, 1.807) is 43.5 Å². The molecule has 3 aliphatic heterocycles. The average molecular weight is 390 g/mol. The van der Waals surface area contributed by atoms with Gasteiger partial charge in [0.05, 0.1) is 30.7 Å². The van der Waals surface area contributed by atoms with Crippen molar-refractivity contribution in [2.75, 3.05) is 18.6 Å². The van der Waals surface area contributed by atoms with Crippen molar-refractivity contribution in [1.29, 1.82) is 0 Å². The van der Waals surface area contributed by atoms with Crippen LogP contribution in [0.4, 0.5) is 5.69 Å². The summed E-state index contributed by atoms with van der Waals surface area (Å²) in [5.41, 5.74) is 1.12. The molecule has 0 radical (unpaired) electrons. The standard InChI is InChI=1S/C23H22N2O4/c1-29-16-11-9-15(10-12-16)25-22(27)18-17-8-5-13-24(17)20(19(18)23(25)28)21(26)14-6-3-2-4-7-14/h2-4,6-7,9-12,17-20H,5,8,13H2,1H3/t17-,18+,19-,20+/m1/s1. The first kappa shape index (κ1) is 18.1. The van der Waals surface area contributed by atoms with Crippen LogP contribution in [0.2, 0.25) is 0 Å². The molecule has 5 rings (SSSR count). The normalized spacial score (nSPS) is 28.5. The van der Waals surface area contributed by atoms with Crippen LogP contribution >= 0.6 is 0 Å². The maximum Gasteiger partial charge on any atom is 0.239 e. The summed E-state index contributed by atoms with van der Waals surface area (Å²) in [5, 5.41) is 0. The second kappa shape index (κ2) is 6.81. The number of amides is 2. The third kappa shape index (κ3) is 2.63. The maximum atomic E-state index is 13.4. The van der Waals surface area contributed by atoms with Crippen LogP contribution in [0, 0.1) is 11.8 Å².